The van der Waals surface area contributed by atoms with Crippen molar-refractivity contribution in [3.63, 3.8) is 0 Å². The van der Waals surface area contributed by atoms with Gasteiger partial charge in [-0.2, -0.15) is 0 Å². The van der Waals surface area contributed by atoms with Gasteiger partial charge in [0, 0.05) is 5.56 Å². The lowest BCUT2D eigenvalue weighted by Gasteiger charge is -2.29. The van der Waals surface area contributed by atoms with Crippen molar-refractivity contribution in [2.45, 2.75) is 20.8 Å². The predicted octanol–water partition coefficient (Wildman–Crippen LogP) is 3.04. The van der Waals surface area contributed by atoms with Gasteiger partial charge in [0.1, 0.15) is 17.1 Å². The zero-order valence-electron chi connectivity index (χ0n) is 13.5. The molecular weight excluding hydrogens is 324 g/mol. The first-order chi connectivity index (χ1) is 11.4. The summed E-state index contributed by atoms with van der Waals surface area (Å²) in [5, 5.41) is 2.66. The molecule has 0 bridgehead atoms. The number of carbonyl (C=O) groups is 2. The van der Waals surface area contributed by atoms with E-state index in [4.69, 9.17) is 16.6 Å². The maximum Gasteiger partial charge on any atom is 0.270 e. The predicted molar refractivity (Wildman–Crippen MR) is 95.6 cm³/mol. The van der Waals surface area contributed by atoms with Crippen LogP contribution in [-0.4, -0.2) is 16.9 Å². The van der Waals surface area contributed by atoms with Crippen LogP contribution in [0.15, 0.2) is 40.3 Å². The number of rotatable bonds is 2. The number of para-hydroxylation sites is 1. The summed E-state index contributed by atoms with van der Waals surface area (Å²) in [6.07, 6.45) is 1.54. The third-order valence-electron chi connectivity index (χ3n) is 3.84. The second kappa shape index (κ2) is 6.05. The number of aryl methyl sites for hydroxylation is 3. The molecule has 1 N–H and O–H groups in total. The number of hydrogen-bond acceptors (Lipinski definition) is 4. The normalized spacial score (nSPS) is 16.7. The molecule has 0 saturated carbocycles. The van der Waals surface area contributed by atoms with Gasteiger partial charge in [-0.15, -0.1) is 0 Å². The molecule has 122 valence electrons. The Morgan fingerprint density at radius 2 is 1.88 bits per heavy atom. The summed E-state index contributed by atoms with van der Waals surface area (Å²) in [6.45, 7) is 5.48. The Kier molecular flexibility index (Phi) is 4.07. The minimum atomic E-state index is -0.506. The van der Waals surface area contributed by atoms with Crippen LogP contribution in [0, 0.1) is 20.8 Å². The molecule has 0 radical (unpaired) electrons. The molecule has 0 unspecified atom stereocenters. The zero-order chi connectivity index (χ0) is 17.4. The van der Waals surface area contributed by atoms with Crippen molar-refractivity contribution in [1.82, 2.24) is 5.32 Å². The van der Waals surface area contributed by atoms with Gasteiger partial charge in [0.05, 0.1) is 5.69 Å². The van der Waals surface area contributed by atoms with Crippen LogP contribution in [0.3, 0.4) is 0 Å². The van der Waals surface area contributed by atoms with Crippen molar-refractivity contribution in [1.29, 1.82) is 0 Å². The molecule has 2 amide bonds. The van der Waals surface area contributed by atoms with Crippen LogP contribution in [-0.2, 0) is 9.59 Å². The number of anilines is 1. The average molecular weight is 340 g/mol. The van der Waals surface area contributed by atoms with Crippen molar-refractivity contribution >= 4 is 40.9 Å². The van der Waals surface area contributed by atoms with Gasteiger partial charge in [-0.05, 0) is 56.8 Å². The fourth-order valence-electron chi connectivity index (χ4n) is 2.64. The van der Waals surface area contributed by atoms with E-state index in [0.717, 1.165) is 5.56 Å². The van der Waals surface area contributed by atoms with E-state index >= 15 is 0 Å². The molecule has 1 aliphatic heterocycles. The SMILES string of the molecule is Cc1cc(/C=C2\C(=O)NC(=S)N(c3ccccc3C)C2=O)c(C)o1. The highest BCUT2D eigenvalue weighted by molar-refractivity contribution is 7.80. The number of thiocarbonyl (C=S) groups is 1. The standard InChI is InChI=1S/C18H16N2O3S/c1-10-6-4-5-7-15(10)20-17(22)14(16(21)19-18(20)24)9-13-8-11(2)23-12(13)3/h4-9H,1-3H3,(H,19,21,24)/b14-9+. The molecule has 24 heavy (non-hydrogen) atoms. The molecule has 1 fully saturated rings. The van der Waals surface area contributed by atoms with Gasteiger partial charge in [0.2, 0.25) is 0 Å². The summed E-state index contributed by atoms with van der Waals surface area (Å²) >= 11 is 5.20. The molecule has 6 heteroatoms. The van der Waals surface area contributed by atoms with Crippen LogP contribution < -0.4 is 10.2 Å². The summed E-state index contributed by atoms with van der Waals surface area (Å²) in [6, 6.07) is 9.16. The van der Waals surface area contributed by atoms with Crippen LogP contribution in [0.25, 0.3) is 6.08 Å². The van der Waals surface area contributed by atoms with E-state index in [-0.39, 0.29) is 10.7 Å². The smallest absolute Gasteiger partial charge is 0.270 e. The Bertz CT molecular complexity index is 895. The van der Waals surface area contributed by atoms with E-state index < -0.39 is 11.8 Å². The van der Waals surface area contributed by atoms with Gasteiger partial charge in [-0.1, -0.05) is 18.2 Å². The number of furan rings is 1. The van der Waals surface area contributed by atoms with E-state index in [1.807, 2.05) is 32.0 Å². The van der Waals surface area contributed by atoms with E-state index in [1.54, 1.807) is 19.1 Å². The first-order valence-corrected chi connectivity index (χ1v) is 7.83. The van der Waals surface area contributed by atoms with Crippen molar-refractivity contribution in [3.8, 4) is 0 Å². The van der Waals surface area contributed by atoms with Crippen molar-refractivity contribution in [2.24, 2.45) is 0 Å². The van der Waals surface area contributed by atoms with E-state index in [0.29, 0.717) is 22.8 Å². The molecule has 0 spiro atoms. The largest absolute Gasteiger partial charge is 0.466 e. The highest BCUT2D eigenvalue weighted by Crippen LogP contribution is 2.26. The number of nitrogens with zero attached hydrogens (tertiary/aromatic N) is 1. The Labute approximate surface area is 144 Å². The maximum atomic E-state index is 12.9. The highest BCUT2D eigenvalue weighted by Gasteiger charge is 2.35. The zero-order valence-corrected chi connectivity index (χ0v) is 14.4. The van der Waals surface area contributed by atoms with Gasteiger partial charge in [0.15, 0.2) is 5.11 Å². The fourth-order valence-corrected chi connectivity index (χ4v) is 2.91. The van der Waals surface area contributed by atoms with E-state index in [1.165, 1.54) is 11.0 Å². The third-order valence-corrected chi connectivity index (χ3v) is 4.12. The quantitative estimate of drug-likeness (QED) is 0.518. The monoisotopic (exact) mass is 340 g/mol. The molecular formula is C18H16N2O3S. The molecule has 1 aromatic carbocycles. The van der Waals surface area contributed by atoms with Gasteiger partial charge in [-0.25, -0.2) is 0 Å². The third kappa shape index (κ3) is 2.76. The summed E-state index contributed by atoms with van der Waals surface area (Å²) in [5.74, 6) is 0.412. The Morgan fingerprint density at radius 1 is 1.17 bits per heavy atom. The van der Waals surface area contributed by atoms with Crippen LogP contribution in [0.1, 0.15) is 22.6 Å². The van der Waals surface area contributed by atoms with Gasteiger partial charge < -0.3 is 4.42 Å². The molecule has 0 aliphatic carbocycles. The number of benzene rings is 1. The molecule has 5 nitrogen and oxygen atoms in total. The summed E-state index contributed by atoms with van der Waals surface area (Å²) < 4.78 is 5.45. The number of nitrogens with one attached hydrogen (secondary N) is 1. The molecule has 2 aromatic rings. The first kappa shape index (κ1) is 16.1. The second-order valence-corrected chi connectivity index (χ2v) is 6.00. The lowest BCUT2D eigenvalue weighted by atomic mass is 10.1. The molecule has 3 rings (SSSR count). The maximum absolute atomic E-state index is 12.9. The lowest BCUT2D eigenvalue weighted by molar-refractivity contribution is -0.122. The van der Waals surface area contributed by atoms with E-state index in [2.05, 4.69) is 5.32 Å². The Morgan fingerprint density at radius 3 is 2.50 bits per heavy atom. The molecule has 2 heterocycles. The van der Waals surface area contributed by atoms with Crippen LogP contribution in [0.2, 0.25) is 0 Å². The van der Waals surface area contributed by atoms with Gasteiger partial charge >= 0.3 is 0 Å². The van der Waals surface area contributed by atoms with Crippen LogP contribution in [0.5, 0.6) is 0 Å². The Balaban J connectivity index is 2.07. The lowest BCUT2D eigenvalue weighted by Crippen LogP contribution is -2.54. The molecule has 0 atom stereocenters. The number of carbonyl (C=O) groups excluding carboxylic acids is 2. The van der Waals surface area contributed by atoms with Gasteiger partial charge in [0.25, 0.3) is 11.8 Å². The van der Waals surface area contributed by atoms with Crippen LogP contribution in [0.4, 0.5) is 5.69 Å². The topological polar surface area (TPSA) is 62.6 Å². The van der Waals surface area contributed by atoms with Crippen molar-refractivity contribution in [2.75, 3.05) is 4.90 Å². The summed E-state index contributed by atoms with van der Waals surface area (Å²) in [4.78, 5) is 26.5. The number of amides is 2. The first-order valence-electron chi connectivity index (χ1n) is 7.42. The molecule has 1 saturated heterocycles. The van der Waals surface area contributed by atoms with Gasteiger partial charge in [-0.3, -0.25) is 19.8 Å². The molecule has 1 aromatic heterocycles. The number of hydrogen-bond donors (Lipinski definition) is 1. The minimum absolute atomic E-state index is 0.0238. The van der Waals surface area contributed by atoms with Crippen molar-refractivity contribution in [3.05, 3.63) is 58.6 Å². The average Bonchev–Trinajstić information content (AvgIpc) is 2.83. The highest BCUT2D eigenvalue weighted by atomic mass is 32.1. The summed E-state index contributed by atoms with van der Waals surface area (Å²) in [7, 11) is 0. The minimum Gasteiger partial charge on any atom is -0.466 e. The second-order valence-electron chi connectivity index (χ2n) is 5.61. The Hall–Kier alpha value is -2.73. The molecule has 1 aliphatic rings. The summed E-state index contributed by atoms with van der Waals surface area (Å²) in [5.41, 5.74) is 2.26. The van der Waals surface area contributed by atoms with Crippen LogP contribution >= 0.6 is 12.2 Å². The fraction of sp³-hybridized carbons (Fsp3) is 0.167. The van der Waals surface area contributed by atoms with E-state index in [9.17, 15) is 9.59 Å². The van der Waals surface area contributed by atoms with Crippen molar-refractivity contribution < 1.29 is 14.0 Å².